The molecule has 0 radical (unpaired) electrons. The summed E-state index contributed by atoms with van der Waals surface area (Å²) in [5, 5.41) is 6.93. The van der Waals surface area contributed by atoms with Crippen LogP contribution in [-0.2, 0) is 12.7 Å². The topological polar surface area (TPSA) is 29.9 Å². The molecule has 0 spiro atoms. The minimum absolute atomic E-state index is 0.0154. The minimum atomic E-state index is -4.38. The van der Waals surface area contributed by atoms with Crippen molar-refractivity contribution in [3.63, 3.8) is 0 Å². The van der Waals surface area contributed by atoms with Crippen molar-refractivity contribution in [2.75, 3.05) is 6.54 Å². The summed E-state index contributed by atoms with van der Waals surface area (Å²) in [4.78, 5) is 0. The summed E-state index contributed by atoms with van der Waals surface area (Å²) >= 11 is 0. The molecule has 1 heterocycles. The van der Waals surface area contributed by atoms with Gasteiger partial charge in [0.1, 0.15) is 0 Å². The molecule has 0 saturated carbocycles. The van der Waals surface area contributed by atoms with Crippen LogP contribution in [0.25, 0.3) is 0 Å². The number of alkyl halides is 3. The Bertz CT molecular complexity index is 414. The normalized spacial score (nSPS) is 13.9. The molecule has 1 N–H and O–H groups in total. The maximum Gasteiger partial charge on any atom is 0.435 e. The molecule has 6 heteroatoms. The Hall–Kier alpha value is -1.04. The Labute approximate surface area is 112 Å². The van der Waals surface area contributed by atoms with E-state index in [0.29, 0.717) is 13.1 Å². The van der Waals surface area contributed by atoms with Crippen molar-refractivity contribution >= 4 is 0 Å². The zero-order valence-corrected chi connectivity index (χ0v) is 12.1. The van der Waals surface area contributed by atoms with E-state index in [1.807, 2.05) is 13.8 Å². The van der Waals surface area contributed by atoms with Crippen molar-refractivity contribution in [1.29, 1.82) is 0 Å². The van der Waals surface area contributed by atoms with Crippen LogP contribution in [0.3, 0.4) is 0 Å². The minimum Gasteiger partial charge on any atom is -0.311 e. The monoisotopic (exact) mass is 277 g/mol. The molecule has 3 nitrogen and oxygen atoms in total. The first-order chi connectivity index (χ1) is 8.39. The van der Waals surface area contributed by atoms with Crippen molar-refractivity contribution < 1.29 is 13.2 Å². The van der Waals surface area contributed by atoms with Crippen LogP contribution >= 0.6 is 0 Å². The highest BCUT2D eigenvalue weighted by atomic mass is 19.4. The van der Waals surface area contributed by atoms with E-state index < -0.39 is 11.9 Å². The summed E-state index contributed by atoms with van der Waals surface area (Å²) in [6.45, 7) is 11.3. The van der Waals surface area contributed by atoms with Gasteiger partial charge in [0.15, 0.2) is 5.69 Å². The third-order valence-corrected chi connectivity index (χ3v) is 2.62. The smallest absolute Gasteiger partial charge is 0.311 e. The van der Waals surface area contributed by atoms with E-state index in [1.54, 1.807) is 0 Å². The fraction of sp³-hybridized carbons (Fsp3) is 0.769. The van der Waals surface area contributed by atoms with Crippen LogP contribution < -0.4 is 5.32 Å². The van der Waals surface area contributed by atoms with Gasteiger partial charge in [0, 0.05) is 24.8 Å². The summed E-state index contributed by atoms with van der Waals surface area (Å²) < 4.78 is 38.7. The fourth-order valence-corrected chi connectivity index (χ4v) is 1.60. The molecule has 0 aromatic carbocycles. The third kappa shape index (κ3) is 5.63. The molecule has 0 atom stereocenters. The summed E-state index contributed by atoms with van der Waals surface area (Å²) in [6.07, 6.45) is -3.00. The first-order valence-electron chi connectivity index (χ1n) is 6.25. The second-order valence-corrected chi connectivity index (χ2v) is 6.66. The Morgan fingerprint density at radius 3 is 2.16 bits per heavy atom. The number of nitrogens with one attached hydrogen (secondary N) is 1. The summed E-state index contributed by atoms with van der Waals surface area (Å²) in [5.74, 6) is 0. The number of aromatic nitrogens is 2. The molecule has 0 aliphatic carbocycles. The highest BCUT2D eigenvalue weighted by molar-refractivity contribution is 5.03. The highest BCUT2D eigenvalue weighted by Crippen LogP contribution is 2.28. The largest absolute Gasteiger partial charge is 0.435 e. The molecule has 0 saturated heterocycles. The van der Waals surface area contributed by atoms with Crippen molar-refractivity contribution in [1.82, 2.24) is 15.1 Å². The van der Waals surface area contributed by atoms with Crippen LogP contribution in [0.5, 0.6) is 0 Å². The Kier molecular flexibility index (Phi) is 4.34. The summed E-state index contributed by atoms with van der Waals surface area (Å²) in [5.41, 5.74) is -1.03. The standard InChI is InChI=1S/C13H22F3N3/c1-11(2,3)17-8-12(4,5)9-19-7-6-10(18-19)13(14,15)16/h6-7,17H,8-9H2,1-5H3. The molecule has 0 aliphatic heterocycles. The average Bonchev–Trinajstić information content (AvgIpc) is 2.61. The van der Waals surface area contributed by atoms with Gasteiger partial charge in [-0.05, 0) is 32.3 Å². The quantitative estimate of drug-likeness (QED) is 0.915. The lowest BCUT2D eigenvalue weighted by atomic mass is 9.92. The number of rotatable bonds is 4. The second kappa shape index (κ2) is 5.15. The van der Waals surface area contributed by atoms with Crippen molar-refractivity contribution in [3.8, 4) is 0 Å². The Balaban J connectivity index is 2.65. The molecule has 0 fully saturated rings. The third-order valence-electron chi connectivity index (χ3n) is 2.62. The zero-order valence-electron chi connectivity index (χ0n) is 12.1. The van der Waals surface area contributed by atoms with Crippen molar-refractivity contribution in [2.45, 2.75) is 52.9 Å². The van der Waals surface area contributed by atoms with E-state index in [-0.39, 0.29) is 11.0 Å². The van der Waals surface area contributed by atoms with Crippen LogP contribution in [0.15, 0.2) is 12.3 Å². The highest BCUT2D eigenvalue weighted by Gasteiger charge is 2.34. The van der Waals surface area contributed by atoms with Crippen molar-refractivity contribution in [3.05, 3.63) is 18.0 Å². The van der Waals surface area contributed by atoms with Crippen molar-refractivity contribution in [2.24, 2.45) is 5.41 Å². The van der Waals surface area contributed by atoms with E-state index in [9.17, 15) is 13.2 Å². The van der Waals surface area contributed by atoms with E-state index in [4.69, 9.17) is 0 Å². The van der Waals surface area contributed by atoms with Gasteiger partial charge in [-0.1, -0.05) is 13.8 Å². The van der Waals surface area contributed by atoms with Crippen LogP contribution in [0.2, 0.25) is 0 Å². The second-order valence-electron chi connectivity index (χ2n) is 6.66. The van der Waals surface area contributed by atoms with Gasteiger partial charge in [0.25, 0.3) is 0 Å². The van der Waals surface area contributed by atoms with Crippen LogP contribution in [0.1, 0.15) is 40.3 Å². The lowest BCUT2D eigenvalue weighted by Crippen LogP contribution is -2.43. The summed E-state index contributed by atoms with van der Waals surface area (Å²) in [6, 6.07) is 1.01. The molecule has 0 bridgehead atoms. The molecule has 0 aliphatic rings. The number of hydrogen-bond acceptors (Lipinski definition) is 2. The average molecular weight is 277 g/mol. The molecule has 1 rings (SSSR count). The molecule has 1 aromatic heterocycles. The first-order valence-corrected chi connectivity index (χ1v) is 6.25. The summed E-state index contributed by atoms with van der Waals surface area (Å²) in [7, 11) is 0. The number of halogens is 3. The van der Waals surface area contributed by atoms with Crippen LogP contribution in [0.4, 0.5) is 13.2 Å². The lowest BCUT2D eigenvalue weighted by molar-refractivity contribution is -0.141. The van der Waals surface area contributed by atoms with Gasteiger partial charge >= 0.3 is 6.18 Å². The predicted octanol–water partition coefficient (Wildman–Crippen LogP) is 3.32. The van der Waals surface area contributed by atoms with Gasteiger partial charge in [-0.2, -0.15) is 18.3 Å². The fourth-order valence-electron chi connectivity index (χ4n) is 1.60. The molecular formula is C13H22F3N3. The van der Waals surface area contributed by atoms with Gasteiger partial charge in [0.05, 0.1) is 0 Å². The zero-order chi connectivity index (χ0) is 14.9. The lowest BCUT2D eigenvalue weighted by Gasteiger charge is -2.30. The van der Waals surface area contributed by atoms with Gasteiger partial charge in [-0.3, -0.25) is 4.68 Å². The van der Waals surface area contributed by atoms with Gasteiger partial charge in [0.2, 0.25) is 0 Å². The molecular weight excluding hydrogens is 255 g/mol. The maximum atomic E-state index is 12.5. The Morgan fingerprint density at radius 2 is 1.74 bits per heavy atom. The molecule has 1 aromatic rings. The van der Waals surface area contributed by atoms with E-state index in [2.05, 4.69) is 31.2 Å². The molecule has 0 amide bonds. The van der Waals surface area contributed by atoms with Crippen LogP contribution in [-0.4, -0.2) is 21.9 Å². The van der Waals surface area contributed by atoms with Gasteiger partial charge < -0.3 is 5.32 Å². The molecule has 19 heavy (non-hydrogen) atoms. The van der Waals surface area contributed by atoms with E-state index in [1.165, 1.54) is 10.9 Å². The van der Waals surface area contributed by atoms with Gasteiger partial charge in [-0.15, -0.1) is 0 Å². The number of hydrogen-bond donors (Lipinski definition) is 1. The van der Waals surface area contributed by atoms with Gasteiger partial charge in [-0.25, -0.2) is 0 Å². The number of nitrogens with zero attached hydrogens (tertiary/aromatic N) is 2. The SMILES string of the molecule is CC(C)(CNC(C)(C)C)Cn1ccc(C(F)(F)F)n1. The molecule has 0 unspecified atom stereocenters. The van der Waals surface area contributed by atoms with E-state index >= 15 is 0 Å². The predicted molar refractivity (Wildman–Crippen MR) is 68.8 cm³/mol. The Morgan fingerprint density at radius 1 is 1.16 bits per heavy atom. The maximum absolute atomic E-state index is 12.5. The van der Waals surface area contributed by atoms with E-state index in [0.717, 1.165) is 6.07 Å². The first kappa shape index (κ1) is 16.0. The molecule has 110 valence electrons. The van der Waals surface area contributed by atoms with Crippen LogP contribution in [0, 0.1) is 5.41 Å².